The fourth-order valence-corrected chi connectivity index (χ4v) is 6.56. The highest BCUT2D eigenvalue weighted by Crippen LogP contribution is 2.23. The molecule has 0 aliphatic rings. The van der Waals surface area contributed by atoms with Gasteiger partial charge in [-0.25, -0.2) is 8.42 Å². The molecule has 0 aliphatic carbocycles. The van der Waals surface area contributed by atoms with Crippen LogP contribution in [0.2, 0.25) is 0 Å². The van der Waals surface area contributed by atoms with Crippen molar-refractivity contribution >= 4 is 37.6 Å². The van der Waals surface area contributed by atoms with E-state index >= 15 is 0 Å². The lowest BCUT2D eigenvalue weighted by Gasteiger charge is -2.31. The first kappa shape index (κ1) is 33.5. The Morgan fingerprint density at radius 2 is 1.55 bits per heavy atom. The molecule has 2 atom stereocenters. The summed E-state index contributed by atoms with van der Waals surface area (Å²) in [5, 5.41) is 14.4. The molecule has 0 saturated carbocycles. The van der Waals surface area contributed by atoms with E-state index in [0.717, 1.165) is 16.7 Å². The third-order valence-corrected chi connectivity index (χ3v) is 9.12. The summed E-state index contributed by atoms with van der Waals surface area (Å²) >= 11 is 3.13. The Morgan fingerprint density at radius 3 is 2.12 bits per heavy atom. The van der Waals surface area contributed by atoms with Crippen molar-refractivity contribution in [2.45, 2.75) is 51.2 Å². The van der Waals surface area contributed by atoms with E-state index in [-0.39, 0.29) is 48.0 Å². The van der Waals surface area contributed by atoms with E-state index < -0.39 is 28.1 Å². The number of halogens is 1. The maximum Gasteiger partial charge on any atom is 0.258 e. The Hall–Kier alpha value is -3.05. The van der Waals surface area contributed by atoms with Crippen LogP contribution in [0.25, 0.3) is 0 Å². The number of carbonyl (C=O) groups excluding carboxylic acids is 2. The maximum atomic E-state index is 13.7. The van der Waals surface area contributed by atoms with Gasteiger partial charge in [0, 0.05) is 18.7 Å². The number of rotatable bonds is 15. The van der Waals surface area contributed by atoms with Gasteiger partial charge in [0.05, 0.1) is 22.4 Å². The first-order chi connectivity index (χ1) is 19.9. The lowest BCUT2D eigenvalue weighted by atomic mass is 10.0. The van der Waals surface area contributed by atoms with Crippen molar-refractivity contribution in [3.8, 4) is 5.75 Å². The van der Waals surface area contributed by atoms with Gasteiger partial charge in [-0.15, -0.1) is 0 Å². The molecule has 2 N–H and O–H groups in total. The lowest BCUT2D eigenvalue weighted by Crippen LogP contribution is -2.52. The SMILES string of the molecule is Cc1cccc(C)c1OCC(=O)N[C@@H](Cc1ccccc1)[C@H](O)CN(CC(C)C)S(=O)(=O)c1ccc(C(=O)CBr)cc1. The molecule has 0 heterocycles. The van der Waals surface area contributed by atoms with Crippen LogP contribution in [0.5, 0.6) is 5.75 Å². The molecule has 8 nitrogen and oxygen atoms in total. The second kappa shape index (κ2) is 15.4. The summed E-state index contributed by atoms with van der Waals surface area (Å²) in [6.45, 7) is 7.25. The molecular weight excluding hydrogens is 620 g/mol. The van der Waals surface area contributed by atoms with E-state index in [2.05, 4.69) is 21.2 Å². The zero-order valence-electron chi connectivity index (χ0n) is 24.4. The smallest absolute Gasteiger partial charge is 0.258 e. The number of alkyl halides is 1. The molecule has 10 heteroatoms. The molecule has 3 rings (SSSR count). The molecule has 0 saturated heterocycles. The fraction of sp³-hybridized carbons (Fsp3) is 0.375. The van der Waals surface area contributed by atoms with Gasteiger partial charge in [0.25, 0.3) is 5.91 Å². The molecular formula is C32H39BrN2O6S. The first-order valence-electron chi connectivity index (χ1n) is 13.8. The number of ketones is 1. The topological polar surface area (TPSA) is 113 Å². The highest BCUT2D eigenvalue weighted by Gasteiger charge is 2.31. The van der Waals surface area contributed by atoms with E-state index in [1.54, 1.807) is 0 Å². The number of para-hydroxylation sites is 1. The van der Waals surface area contributed by atoms with Crippen molar-refractivity contribution in [2.75, 3.05) is 25.0 Å². The molecule has 226 valence electrons. The highest BCUT2D eigenvalue weighted by atomic mass is 79.9. The summed E-state index contributed by atoms with van der Waals surface area (Å²) in [7, 11) is -4.02. The summed E-state index contributed by atoms with van der Waals surface area (Å²) < 4.78 is 34.4. The third kappa shape index (κ3) is 9.22. The quantitative estimate of drug-likeness (QED) is 0.181. The number of aliphatic hydroxyl groups is 1. The van der Waals surface area contributed by atoms with Crippen LogP contribution in [0.15, 0.2) is 77.7 Å². The number of hydrogen-bond acceptors (Lipinski definition) is 6. The maximum absolute atomic E-state index is 13.7. The van der Waals surface area contributed by atoms with Gasteiger partial charge in [0.15, 0.2) is 12.4 Å². The average molecular weight is 660 g/mol. The molecule has 0 unspecified atom stereocenters. The van der Waals surface area contributed by atoms with E-state index in [1.165, 1.54) is 28.6 Å². The predicted octanol–water partition coefficient (Wildman–Crippen LogP) is 4.70. The number of aryl methyl sites for hydroxylation is 2. The van der Waals surface area contributed by atoms with E-state index in [1.807, 2.05) is 76.2 Å². The van der Waals surface area contributed by atoms with Crippen molar-refractivity contribution in [3.63, 3.8) is 0 Å². The number of ether oxygens (including phenoxy) is 1. The number of nitrogens with zero attached hydrogens (tertiary/aromatic N) is 1. The summed E-state index contributed by atoms with van der Waals surface area (Å²) in [4.78, 5) is 25.0. The van der Waals surface area contributed by atoms with E-state index in [4.69, 9.17) is 4.74 Å². The molecule has 0 spiro atoms. The predicted molar refractivity (Wildman–Crippen MR) is 168 cm³/mol. The minimum Gasteiger partial charge on any atom is -0.483 e. The molecule has 1 amide bonds. The standard InChI is InChI=1S/C32H39BrN2O6S/c1-22(2)19-35(42(39,40)27-15-13-26(14-16-27)29(36)18-33)20-30(37)28(17-25-11-6-5-7-12-25)34-31(38)21-41-32-23(3)9-8-10-24(32)4/h5-16,22,28,30,37H,17-21H2,1-4H3,(H,34,38)/t28-,30+/m0/s1. The van der Waals surface area contributed by atoms with Gasteiger partial charge in [0.1, 0.15) is 5.75 Å². The average Bonchev–Trinajstić information content (AvgIpc) is 2.96. The van der Waals surface area contributed by atoms with Gasteiger partial charge in [-0.05, 0) is 55.0 Å². The molecule has 0 aliphatic heterocycles. The summed E-state index contributed by atoms with van der Waals surface area (Å²) in [5.74, 6) is 0.0115. The number of carbonyl (C=O) groups is 2. The number of nitrogens with one attached hydrogen (secondary N) is 1. The Balaban J connectivity index is 1.82. The van der Waals surface area contributed by atoms with Gasteiger partial charge < -0.3 is 15.2 Å². The zero-order chi connectivity index (χ0) is 30.9. The van der Waals surface area contributed by atoms with Crippen LogP contribution in [0.4, 0.5) is 0 Å². The monoisotopic (exact) mass is 658 g/mol. The van der Waals surface area contributed by atoms with Crippen molar-refractivity contribution in [1.82, 2.24) is 9.62 Å². The van der Waals surface area contributed by atoms with Crippen LogP contribution >= 0.6 is 15.9 Å². The largest absolute Gasteiger partial charge is 0.483 e. The van der Waals surface area contributed by atoms with Crippen LogP contribution in [0, 0.1) is 19.8 Å². The van der Waals surface area contributed by atoms with Gasteiger partial charge in [0.2, 0.25) is 10.0 Å². The van der Waals surface area contributed by atoms with Gasteiger partial charge in [-0.3, -0.25) is 9.59 Å². The molecule has 0 aromatic heterocycles. The number of sulfonamides is 1. The molecule has 0 radical (unpaired) electrons. The van der Waals surface area contributed by atoms with Crippen LogP contribution in [0.1, 0.15) is 40.9 Å². The number of benzene rings is 3. The zero-order valence-corrected chi connectivity index (χ0v) is 26.8. The Bertz CT molecular complexity index is 1430. The van der Waals surface area contributed by atoms with Crippen LogP contribution in [-0.2, 0) is 21.2 Å². The van der Waals surface area contributed by atoms with E-state index in [0.29, 0.717) is 11.3 Å². The lowest BCUT2D eigenvalue weighted by molar-refractivity contribution is -0.124. The van der Waals surface area contributed by atoms with Crippen molar-refractivity contribution in [3.05, 3.63) is 95.1 Å². The summed E-state index contributed by atoms with van der Waals surface area (Å²) in [6.07, 6.45) is -0.937. The summed E-state index contributed by atoms with van der Waals surface area (Å²) in [6, 6.07) is 20.1. The number of aliphatic hydroxyl groups excluding tert-OH is 1. The Labute approximate surface area is 257 Å². The Kier molecular flexibility index (Phi) is 12.3. The number of hydrogen-bond donors (Lipinski definition) is 2. The minimum atomic E-state index is -4.02. The minimum absolute atomic E-state index is 0.0205. The second-order valence-corrected chi connectivity index (χ2v) is 13.2. The van der Waals surface area contributed by atoms with Gasteiger partial charge in [-0.1, -0.05) is 90.4 Å². The van der Waals surface area contributed by atoms with Crippen LogP contribution in [0.3, 0.4) is 0 Å². The molecule has 0 bridgehead atoms. The number of amides is 1. The van der Waals surface area contributed by atoms with E-state index in [9.17, 15) is 23.1 Å². The second-order valence-electron chi connectivity index (χ2n) is 10.7. The fourth-order valence-electron chi connectivity index (χ4n) is 4.62. The van der Waals surface area contributed by atoms with Gasteiger partial charge in [-0.2, -0.15) is 4.31 Å². The Morgan fingerprint density at radius 1 is 0.929 bits per heavy atom. The molecule has 3 aromatic rings. The van der Waals surface area contributed by atoms with Crippen molar-refractivity contribution < 1.29 is 27.9 Å². The van der Waals surface area contributed by atoms with Gasteiger partial charge >= 0.3 is 0 Å². The highest BCUT2D eigenvalue weighted by molar-refractivity contribution is 9.09. The molecule has 3 aromatic carbocycles. The molecule has 42 heavy (non-hydrogen) atoms. The van der Waals surface area contributed by atoms with Crippen LogP contribution < -0.4 is 10.1 Å². The van der Waals surface area contributed by atoms with Crippen molar-refractivity contribution in [2.24, 2.45) is 5.92 Å². The van der Waals surface area contributed by atoms with Crippen molar-refractivity contribution in [1.29, 1.82) is 0 Å². The normalized spacial score (nSPS) is 13.1. The summed E-state index contributed by atoms with van der Waals surface area (Å²) in [5.41, 5.74) is 3.09. The third-order valence-electron chi connectivity index (χ3n) is 6.76. The van der Waals surface area contributed by atoms with Crippen LogP contribution in [-0.4, -0.2) is 66.7 Å². The number of Topliss-reactive ketones (excluding diaryl/α,β-unsaturated/α-hetero) is 1. The first-order valence-corrected chi connectivity index (χ1v) is 16.4. The molecule has 0 fully saturated rings.